The summed E-state index contributed by atoms with van der Waals surface area (Å²) in [5.74, 6) is 1.68. The molecule has 4 atom stereocenters. The van der Waals surface area contributed by atoms with E-state index in [2.05, 4.69) is 20.8 Å². The zero-order chi connectivity index (χ0) is 12.4. The van der Waals surface area contributed by atoms with E-state index < -0.39 is 6.29 Å². The lowest BCUT2D eigenvalue weighted by molar-refractivity contribution is -0.177. The second-order valence-electron chi connectivity index (χ2n) is 5.67. The van der Waals surface area contributed by atoms with Gasteiger partial charge < -0.3 is 9.47 Å². The molecule has 0 N–H and O–H groups in total. The van der Waals surface area contributed by atoms with Gasteiger partial charge in [0.1, 0.15) is 0 Å². The number of carbonyl (C=O) groups is 1. The molecule has 96 valence electrons. The van der Waals surface area contributed by atoms with E-state index in [9.17, 15) is 4.79 Å². The highest BCUT2D eigenvalue weighted by molar-refractivity contribution is 5.84. The summed E-state index contributed by atoms with van der Waals surface area (Å²) >= 11 is 0. The Balaban J connectivity index is 1.94. The molecule has 1 aliphatic heterocycles. The standard InChI is InChI=1S/C14H22O3/c1-9(2)11-8-10(3)4-5-12(11)16-14-7-6-13(15)17-14/h6-7,9-12,14H,4-5,8H2,1-3H3/t10-,11-,12+,14+/m0/s1. The first-order valence-corrected chi connectivity index (χ1v) is 6.60. The molecule has 0 bridgehead atoms. The van der Waals surface area contributed by atoms with Crippen molar-refractivity contribution in [3.05, 3.63) is 12.2 Å². The van der Waals surface area contributed by atoms with Crippen LogP contribution in [0.5, 0.6) is 0 Å². The summed E-state index contributed by atoms with van der Waals surface area (Å²) < 4.78 is 11.0. The zero-order valence-electron chi connectivity index (χ0n) is 10.9. The molecule has 1 aliphatic carbocycles. The molecule has 0 aromatic rings. The Morgan fingerprint density at radius 1 is 1.41 bits per heavy atom. The fourth-order valence-corrected chi connectivity index (χ4v) is 2.86. The number of ether oxygens (including phenoxy) is 2. The van der Waals surface area contributed by atoms with Crippen LogP contribution >= 0.6 is 0 Å². The van der Waals surface area contributed by atoms with E-state index in [0.29, 0.717) is 11.8 Å². The van der Waals surface area contributed by atoms with Gasteiger partial charge in [-0.2, -0.15) is 0 Å². The van der Waals surface area contributed by atoms with Crippen LogP contribution in [0.2, 0.25) is 0 Å². The first-order valence-electron chi connectivity index (χ1n) is 6.60. The van der Waals surface area contributed by atoms with Crippen molar-refractivity contribution in [2.75, 3.05) is 0 Å². The molecule has 0 aromatic carbocycles. The number of cyclic esters (lactones) is 1. The van der Waals surface area contributed by atoms with E-state index >= 15 is 0 Å². The van der Waals surface area contributed by atoms with Crippen molar-refractivity contribution in [1.82, 2.24) is 0 Å². The van der Waals surface area contributed by atoms with Crippen LogP contribution in [0.15, 0.2) is 12.2 Å². The quantitative estimate of drug-likeness (QED) is 0.709. The van der Waals surface area contributed by atoms with E-state index in [1.807, 2.05) is 0 Å². The maximum absolute atomic E-state index is 11.0. The molecule has 0 spiro atoms. The van der Waals surface area contributed by atoms with Gasteiger partial charge in [-0.15, -0.1) is 0 Å². The van der Waals surface area contributed by atoms with Crippen LogP contribution in [-0.2, 0) is 14.3 Å². The maximum Gasteiger partial charge on any atom is 0.333 e. The van der Waals surface area contributed by atoms with E-state index in [-0.39, 0.29) is 12.1 Å². The Bertz CT molecular complexity index is 309. The molecule has 1 saturated carbocycles. The third-order valence-electron chi connectivity index (χ3n) is 3.88. The maximum atomic E-state index is 11.0. The molecule has 1 fully saturated rings. The first kappa shape index (κ1) is 12.6. The highest BCUT2D eigenvalue weighted by Gasteiger charge is 2.34. The van der Waals surface area contributed by atoms with E-state index in [1.165, 1.54) is 18.9 Å². The normalized spacial score (nSPS) is 37.5. The molecule has 2 aliphatic rings. The molecular formula is C14H22O3. The van der Waals surface area contributed by atoms with Crippen LogP contribution in [0.4, 0.5) is 0 Å². The smallest absolute Gasteiger partial charge is 0.333 e. The fourth-order valence-electron chi connectivity index (χ4n) is 2.86. The topological polar surface area (TPSA) is 35.5 Å². The Kier molecular flexibility index (Phi) is 3.87. The lowest BCUT2D eigenvalue weighted by atomic mass is 9.75. The lowest BCUT2D eigenvalue weighted by Gasteiger charge is -2.37. The van der Waals surface area contributed by atoms with Gasteiger partial charge in [-0.1, -0.05) is 20.8 Å². The summed E-state index contributed by atoms with van der Waals surface area (Å²) in [6, 6.07) is 0. The molecule has 0 saturated heterocycles. The molecule has 2 rings (SSSR count). The fraction of sp³-hybridized carbons (Fsp3) is 0.786. The van der Waals surface area contributed by atoms with Gasteiger partial charge in [0.25, 0.3) is 0 Å². The minimum Gasteiger partial charge on any atom is -0.429 e. The SMILES string of the molecule is CC(C)[C@@H]1C[C@@H](C)CC[C@H]1O[C@H]1C=CC(=O)O1. The monoisotopic (exact) mass is 238 g/mol. The Morgan fingerprint density at radius 3 is 2.76 bits per heavy atom. The average Bonchev–Trinajstić information content (AvgIpc) is 2.66. The summed E-state index contributed by atoms with van der Waals surface area (Å²) in [6.45, 7) is 6.80. The van der Waals surface area contributed by atoms with Crippen molar-refractivity contribution < 1.29 is 14.3 Å². The van der Waals surface area contributed by atoms with Gasteiger partial charge in [-0.3, -0.25) is 0 Å². The molecular weight excluding hydrogens is 216 g/mol. The van der Waals surface area contributed by atoms with Crippen LogP contribution in [0.25, 0.3) is 0 Å². The number of hydrogen-bond donors (Lipinski definition) is 0. The minimum atomic E-state index is -0.456. The molecule has 0 aromatic heterocycles. The number of rotatable bonds is 3. The third kappa shape index (κ3) is 3.09. The highest BCUT2D eigenvalue weighted by Crippen LogP contribution is 2.36. The van der Waals surface area contributed by atoms with Crippen molar-refractivity contribution in [2.24, 2.45) is 17.8 Å². The van der Waals surface area contributed by atoms with Crippen LogP contribution in [-0.4, -0.2) is 18.4 Å². The Hall–Kier alpha value is -0.830. The van der Waals surface area contributed by atoms with Gasteiger partial charge >= 0.3 is 5.97 Å². The van der Waals surface area contributed by atoms with Crippen molar-refractivity contribution >= 4 is 5.97 Å². The van der Waals surface area contributed by atoms with Gasteiger partial charge in [0.05, 0.1) is 6.10 Å². The summed E-state index contributed by atoms with van der Waals surface area (Å²) in [5.41, 5.74) is 0. The van der Waals surface area contributed by atoms with Crippen LogP contribution in [0, 0.1) is 17.8 Å². The second kappa shape index (κ2) is 5.21. The van der Waals surface area contributed by atoms with Crippen LogP contribution in [0.3, 0.4) is 0 Å². The molecule has 0 unspecified atom stereocenters. The average molecular weight is 238 g/mol. The van der Waals surface area contributed by atoms with Gasteiger partial charge in [0.15, 0.2) is 0 Å². The summed E-state index contributed by atoms with van der Waals surface area (Å²) in [5, 5.41) is 0. The largest absolute Gasteiger partial charge is 0.429 e. The van der Waals surface area contributed by atoms with Crippen molar-refractivity contribution in [2.45, 2.75) is 52.4 Å². The van der Waals surface area contributed by atoms with Crippen LogP contribution in [0.1, 0.15) is 40.0 Å². The molecule has 3 heteroatoms. The predicted molar refractivity (Wildman–Crippen MR) is 65.2 cm³/mol. The summed E-state index contributed by atoms with van der Waals surface area (Å²) in [7, 11) is 0. The molecule has 3 nitrogen and oxygen atoms in total. The number of carbonyl (C=O) groups excluding carboxylic acids is 1. The number of esters is 1. The molecule has 1 heterocycles. The Morgan fingerprint density at radius 2 is 2.18 bits per heavy atom. The predicted octanol–water partition coefficient (Wildman–Crippen LogP) is 2.90. The highest BCUT2D eigenvalue weighted by atomic mass is 16.7. The van der Waals surface area contributed by atoms with Gasteiger partial charge in [0, 0.05) is 6.08 Å². The van der Waals surface area contributed by atoms with Gasteiger partial charge in [-0.05, 0) is 43.1 Å². The second-order valence-corrected chi connectivity index (χ2v) is 5.67. The molecule has 0 amide bonds. The van der Waals surface area contributed by atoms with Crippen molar-refractivity contribution in [1.29, 1.82) is 0 Å². The zero-order valence-corrected chi connectivity index (χ0v) is 10.9. The molecule has 0 radical (unpaired) electrons. The van der Waals surface area contributed by atoms with E-state index in [0.717, 1.165) is 12.3 Å². The number of hydrogen-bond acceptors (Lipinski definition) is 3. The minimum absolute atomic E-state index is 0.228. The van der Waals surface area contributed by atoms with E-state index in [4.69, 9.17) is 9.47 Å². The summed E-state index contributed by atoms with van der Waals surface area (Å²) in [6.07, 6.45) is 6.42. The van der Waals surface area contributed by atoms with Crippen LogP contribution < -0.4 is 0 Å². The first-order chi connectivity index (χ1) is 8.06. The summed E-state index contributed by atoms with van der Waals surface area (Å²) in [4.78, 5) is 11.0. The van der Waals surface area contributed by atoms with Crippen molar-refractivity contribution in [3.63, 3.8) is 0 Å². The third-order valence-corrected chi connectivity index (χ3v) is 3.88. The lowest BCUT2D eigenvalue weighted by Crippen LogP contribution is -2.36. The van der Waals surface area contributed by atoms with Crippen molar-refractivity contribution in [3.8, 4) is 0 Å². The Labute approximate surface area is 103 Å². The van der Waals surface area contributed by atoms with Gasteiger partial charge in [-0.25, -0.2) is 4.79 Å². The van der Waals surface area contributed by atoms with Gasteiger partial charge in [0.2, 0.25) is 6.29 Å². The molecule has 17 heavy (non-hydrogen) atoms. The van der Waals surface area contributed by atoms with E-state index in [1.54, 1.807) is 6.08 Å².